The van der Waals surface area contributed by atoms with E-state index in [0.717, 1.165) is 34.4 Å². The van der Waals surface area contributed by atoms with Gasteiger partial charge in [-0.05, 0) is 49.0 Å². The Morgan fingerprint density at radius 2 is 1.80 bits per heavy atom. The first-order valence-corrected chi connectivity index (χ1v) is 9.53. The molecule has 0 spiro atoms. The molecule has 130 valence electrons. The molecule has 0 atom stereocenters. The largest absolute Gasteiger partial charge is 0.411 e. The van der Waals surface area contributed by atoms with Gasteiger partial charge >= 0.3 is 0 Å². The molecule has 1 heterocycles. The quantitative estimate of drug-likeness (QED) is 0.509. The number of aromatic nitrogens is 2. The van der Waals surface area contributed by atoms with Gasteiger partial charge in [0.2, 0.25) is 5.89 Å². The molecule has 0 aliphatic rings. The Morgan fingerprint density at radius 1 is 1.08 bits per heavy atom. The van der Waals surface area contributed by atoms with E-state index in [0.29, 0.717) is 11.1 Å². The lowest BCUT2D eigenvalue weighted by Gasteiger charge is -2.15. The fraction of sp³-hybridized carbons (Fsp3) is 0.222. The average Bonchev–Trinajstić information content (AvgIpc) is 3.06. The SMILES string of the molecule is CN(CCSc1nnc(-c2ccc(Br)cc2)o1)Cc1ccc(F)cc1. The summed E-state index contributed by atoms with van der Waals surface area (Å²) in [7, 11) is 2.03. The summed E-state index contributed by atoms with van der Waals surface area (Å²) in [6.45, 7) is 1.63. The number of halogens is 2. The van der Waals surface area contributed by atoms with Gasteiger partial charge in [-0.1, -0.05) is 39.8 Å². The van der Waals surface area contributed by atoms with Crippen LogP contribution in [0.2, 0.25) is 0 Å². The van der Waals surface area contributed by atoms with Gasteiger partial charge in [0.15, 0.2) is 0 Å². The van der Waals surface area contributed by atoms with Crippen LogP contribution >= 0.6 is 27.7 Å². The van der Waals surface area contributed by atoms with Crippen LogP contribution < -0.4 is 0 Å². The number of thioether (sulfide) groups is 1. The Hall–Kier alpha value is -1.70. The molecule has 0 N–H and O–H groups in total. The van der Waals surface area contributed by atoms with E-state index >= 15 is 0 Å². The van der Waals surface area contributed by atoms with Gasteiger partial charge < -0.3 is 9.32 Å². The lowest BCUT2D eigenvalue weighted by atomic mass is 10.2. The van der Waals surface area contributed by atoms with Crippen LogP contribution in [0.3, 0.4) is 0 Å². The molecule has 2 aromatic carbocycles. The van der Waals surface area contributed by atoms with Crippen LogP contribution in [-0.2, 0) is 6.54 Å². The summed E-state index contributed by atoms with van der Waals surface area (Å²) < 4.78 is 19.6. The summed E-state index contributed by atoms with van der Waals surface area (Å²) in [5.41, 5.74) is 1.99. The fourth-order valence-corrected chi connectivity index (χ4v) is 3.32. The monoisotopic (exact) mass is 421 g/mol. The summed E-state index contributed by atoms with van der Waals surface area (Å²) >= 11 is 4.93. The molecule has 1 aromatic heterocycles. The van der Waals surface area contributed by atoms with E-state index in [1.807, 2.05) is 43.4 Å². The molecule has 0 saturated heterocycles. The Bertz CT molecular complexity index is 808. The molecule has 3 rings (SSSR count). The molecule has 4 nitrogen and oxygen atoms in total. The fourth-order valence-electron chi connectivity index (χ4n) is 2.25. The second-order valence-electron chi connectivity index (χ2n) is 5.59. The number of hydrogen-bond acceptors (Lipinski definition) is 5. The van der Waals surface area contributed by atoms with Crippen molar-refractivity contribution in [3.05, 3.63) is 64.4 Å². The summed E-state index contributed by atoms with van der Waals surface area (Å²) in [6.07, 6.45) is 0. The van der Waals surface area contributed by atoms with Crippen LogP contribution in [-0.4, -0.2) is 34.4 Å². The Labute approximate surface area is 158 Å². The van der Waals surface area contributed by atoms with Crippen molar-refractivity contribution >= 4 is 27.7 Å². The predicted molar refractivity (Wildman–Crippen MR) is 101 cm³/mol. The molecule has 0 radical (unpaired) electrons. The van der Waals surface area contributed by atoms with Crippen molar-refractivity contribution < 1.29 is 8.81 Å². The smallest absolute Gasteiger partial charge is 0.276 e. The number of benzene rings is 2. The van der Waals surface area contributed by atoms with Gasteiger partial charge in [0, 0.05) is 28.9 Å². The van der Waals surface area contributed by atoms with Gasteiger partial charge in [-0.15, -0.1) is 10.2 Å². The first-order chi connectivity index (χ1) is 12.1. The molecule has 7 heteroatoms. The third kappa shape index (κ3) is 5.39. The highest BCUT2D eigenvalue weighted by Crippen LogP contribution is 2.24. The lowest BCUT2D eigenvalue weighted by molar-refractivity contribution is 0.348. The van der Waals surface area contributed by atoms with Crippen molar-refractivity contribution in [3.8, 4) is 11.5 Å². The highest BCUT2D eigenvalue weighted by atomic mass is 79.9. The van der Waals surface area contributed by atoms with Crippen LogP contribution in [0.1, 0.15) is 5.56 Å². The summed E-state index contributed by atoms with van der Waals surface area (Å²) in [6, 6.07) is 14.3. The molecule has 0 unspecified atom stereocenters. The zero-order valence-corrected chi connectivity index (χ0v) is 16.1. The predicted octanol–water partition coefficient (Wildman–Crippen LogP) is 4.86. The topological polar surface area (TPSA) is 42.2 Å². The minimum absolute atomic E-state index is 0.208. The van der Waals surface area contributed by atoms with Crippen LogP contribution in [0.5, 0.6) is 0 Å². The Balaban J connectivity index is 1.47. The van der Waals surface area contributed by atoms with Crippen LogP contribution in [0.15, 0.2) is 62.6 Å². The number of hydrogen-bond donors (Lipinski definition) is 0. The maximum absolute atomic E-state index is 12.9. The zero-order valence-electron chi connectivity index (χ0n) is 13.7. The van der Waals surface area contributed by atoms with Crippen molar-refractivity contribution in [3.63, 3.8) is 0 Å². The van der Waals surface area contributed by atoms with Gasteiger partial charge in [-0.3, -0.25) is 0 Å². The molecule has 0 bridgehead atoms. The first kappa shape index (κ1) is 18.1. The molecule has 0 saturated carbocycles. The first-order valence-electron chi connectivity index (χ1n) is 7.75. The van der Waals surface area contributed by atoms with Crippen molar-refractivity contribution in [1.82, 2.24) is 15.1 Å². The van der Waals surface area contributed by atoms with Crippen LogP contribution in [0.25, 0.3) is 11.5 Å². The van der Waals surface area contributed by atoms with Crippen molar-refractivity contribution in [2.75, 3.05) is 19.3 Å². The van der Waals surface area contributed by atoms with Gasteiger partial charge in [0.1, 0.15) is 5.82 Å². The van der Waals surface area contributed by atoms with Gasteiger partial charge in [-0.25, -0.2) is 4.39 Å². The maximum atomic E-state index is 12.9. The third-order valence-corrected chi connectivity index (χ3v) is 4.89. The minimum atomic E-state index is -0.208. The van der Waals surface area contributed by atoms with E-state index in [1.54, 1.807) is 0 Å². The van der Waals surface area contributed by atoms with Gasteiger partial charge in [0.25, 0.3) is 5.22 Å². The van der Waals surface area contributed by atoms with Crippen LogP contribution in [0, 0.1) is 5.82 Å². The second-order valence-corrected chi connectivity index (χ2v) is 7.55. The van der Waals surface area contributed by atoms with E-state index in [2.05, 4.69) is 31.0 Å². The minimum Gasteiger partial charge on any atom is -0.411 e. The summed E-state index contributed by atoms with van der Waals surface area (Å²) in [5, 5.41) is 8.73. The van der Waals surface area contributed by atoms with E-state index < -0.39 is 0 Å². The zero-order chi connectivity index (χ0) is 17.6. The highest BCUT2D eigenvalue weighted by Gasteiger charge is 2.09. The summed E-state index contributed by atoms with van der Waals surface area (Å²) in [5.74, 6) is 1.15. The Kier molecular flexibility index (Phi) is 6.23. The van der Waals surface area contributed by atoms with E-state index in [9.17, 15) is 4.39 Å². The molecule has 3 aromatic rings. The molecule has 0 aliphatic heterocycles. The number of rotatable bonds is 7. The molecule has 25 heavy (non-hydrogen) atoms. The normalized spacial score (nSPS) is 11.2. The molecule has 0 fully saturated rings. The van der Waals surface area contributed by atoms with Gasteiger partial charge in [0.05, 0.1) is 0 Å². The molecular weight excluding hydrogens is 405 g/mol. The average molecular weight is 422 g/mol. The molecule has 0 aliphatic carbocycles. The van der Waals surface area contributed by atoms with Crippen molar-refractivity contribution in [2.45, 2.75) is 11.8 Å². The van der Waals surface area contributed by atoms with Crippen LogP contribution in [0.4, 0.5) is 4.39 Å². The lowest BCUT2D eigenvalue weighted by Crippen LogP contribution is -2.20. The summed E-state index contributed by atoms with van der Waals surface area (Å²) in [4.78, 5) is 2.17. The van der Waals surface area contributed by atoms with Crippen molar-refractivity contribution in [1.29, 1.82) is 0 Å². The van der Waals surface area contributed by atoms with E-state index in [1.165, 1.54) is 23.9 Å². The molecule has 0 amide bonds. The molecular formula is C18H17BrFN3OS. The van der Waals surface area contributed by atoms with Gasteiger partial charge in [-0.2, -0.15) is 0 Å². The van der Waals surface area contributed by atoms with Crippen molar-refractivity contribution in [2.24, 2.45) is 0 Å². The van der Waals surface area contributed by atoms with E-state index in [-0.39, 0.29) is 5.82 Å². The van der Waals surface area contributed by atoms with E-state index in [4.69, 9.17) is 4.42 Å². The maximum Gasteiger partial charge on any atom is 0.276 e. The Morgan fingerprint density at radius 3 is 2.52 bits per heavy atom. The highest BCUT2D eigenvalue weighted by molar-refractivity contribution is 9.10. The third-order valence-electron chi connectivity index (χ3n) is 3.56. The number of nitrogens with zero attached hydrogens (tertiary/aromatic N) is 3. The second kappa shape index (κ2) is 8.60. The standard InChI is InChI=1S/C18H17BrFN3OS/c1-23(12-13-2-8-16(20)9-3-13)10-11-25-18-22-21-17(24-18)14-4-6-15(19)7-5-14/h2-9H,10-12H2,1H3.